The van der Waals surface area contributed by atoms with Crippen LogP contribution < -0.4 is 0 Å². The molecule has 0 radical (unpaired) electrons. The Morgan fingerprint density at radius 1 is 1.21 bits per heavy atom. The largest absolute Gasteiger partial charge is 0.416 e. The lowest BCUT2D eigenvalue weighted by atomic mass is 9.61. The summed E-state index contributed by atoms with van der Waals surface area (Å²) in [5.41, 5.74) is -1.52. The Hall–Kier alpha value is -1.65. The van der Waals surface area contributed by atoms with Gasteiger partial charge in [0.2, 0.25) is 5.78 Å². The van der Waals surface area contributed by atoms with Crippen molar-refractivity contribution in [2.75, 3.05) is 0 Å². The molecule has 0 unspecified atom stereocenters. The first-order chi connectivity index (χ1) is 8.77. The molecule has 2 nitrogen and oxygen atoms in total. The van der Waals surface area contributed by atoms with Crippen molar-refractivity contribution in [3.8, 4) is 0 Å². The Morgan fingerprint density at radius 2 is 1.84 bits per heavy atom. The lowest BCUT2D eigenvalue weighted by Crippen LogP contribution is -2.45. The number of benzene rings is 1. The van der Waals surface area contributed by atoms with Gasteiger partial charge in [0.05, 0.1) is 11.0 Å². The molecule has 0 N–H and O–H groups in total. The van der Waals surface area contributed by atoms with Gasteiger partial charge in [-0.05, 0) is 24.5 Å². The Labute approximate surface area is 108 Å². The third-order valence-electron chi connectivity index (χ3n) is 3.70. The van der Waals surface area contributed by atoms with E-state index < -0.39 is 28.7 Å². The Balaban J connectivity index is 2.45. The minimum atomic E-state index is -4.44. The molecule has 0 aromatic heterocycles. The van der Waals surface area contributed by atoms with E-state index in [0.29, 0.717) is 18.4 Å². The molecule has 2 rings (SSSR count). The van der Waals surface area contributed by atoms with Gasteiger partial charge in [-0.1, -0.05) is 24.6 Å². The third-order valence-corrected chi connectivity index (χ3v) is 3.70. The van der Waals surface area contributed by atoms with Gasteiger partial charge < -0.3 is 0 Å². The highest BCUT2D eigenvalue weighted by Crippen LogP contribution is 2.45. The van der Waals surface area contributed by atoms with Gasteiger partial charge in [-0.25, -0.2) is 0 Å². The molecule has 0 bridgehead atoms. The maximum Gasteiger partial charge on any atom is 0.416 e. The molecule has 1 aromatic carbocycles. The molecule has 0 atom stereocenters. The van der Waals surface area contributed by atoms with E-state index in [1.54, 1.807) is 0 Å². The van der Waals surface area contributed by atoms with E-state index in [1.165, 1.54) is 12.1 Å². The summed E-state index contributed by atoms with van der Waals surface area (Å²) in [6.07, 6.45) is -2.82. The van der Waals surface area contributed by atoms with E-state index in [2.05, 4.69) is 0 Å². The fourth-order valence-electron chi connectivity index (χ4n) is 2.51. The molecule has 1 aliphatic carbocycles. The van der Waals surface area contributed by atoms with Crippen molar-refractivity contribution in [2.24, 2.45) is 0 Å². The van der Waals surface area contributed by atoms with Gasteiger partial charge >= 0.3 is 6.18 Å². The van der Waals surface area contributed by atoms with E-state index in [1.807, 2.05) is 0 Å². The van der Waals surface area contributed by atoms with Crippen molar-refractivity contribution < 1.29 is 22.8 Å². The van der Waals surface area contributed by atoms with Crippen LogP contribution in [0.3, 0.4) is 0 Å². The SMILES string of the molecule is CC(=O)C(=O)C1(c2cccc(C(F)(F)F)c2)CCC1. The molecule has 19 heavy (non-hydrogen) atoms. The predicted octanol–water partition coefficient (Wildman–Crippen LogP) is 3.29. The number of alkyl halides is 3. The second kappa shape index (κ2) is 4.47. The summed E-state index contributed by atoms with van der Waals surface area (Å²) in [4.78, 5) is 23.2. The van der Waals surface area contributed by atoms with Crippen LogP contribution in [0, 0.1) is 0 Å². The molecular formula is C14H13F3O2. The molecule has 0 heterocycles. The molecule has 1 fully saturated rings. The van der Waals surface area contributed by atoms with Gasteiger partial charge in [0.25, 0.3) is 0 Å². The highest BCUT2D eigenvalue weighted by Gasteiger charge is 2.47. The minimum absolute atomic E-state index is 0.300. The maximum atomic E-state index is 12.7. The van der Waals surface area contributed by atoms with Gasteiger partial charge in [0, 0.05) is 6.92 Å². The van der Waals surface area contributed by atoms with Gasteiger partial charge in [0.1, 0.15) is 0 Å². The second-order valence-electron chi connectivity index (χ2n) is 4.90. The number of ketones is 2. The van der Waals surface area contributed by atoms with Crippen LogP contribution in [0.1, 0.15) is 37.3 Å². The normalized spacial score (nSPS) is 17.7. The molecule has 1 aliphatic rings. The first-order valence-corrected chi connectivity index (χ1v) is 6.00. The first-order valence-electron chi connectivity index (χ1n) is 6.00. The Morgan fingerprint density at radius 3 is 2.26 bits per heavy atom. The van der Waals surface area contributed by atoms with Crippen LogP contribution in [0.25, 0.3) is 0 Å². The monoisotopic (exact) mass is 270 g/mol. The van der Waals surface area contributed by atoms with E-state index in [4.69, 9.17) is 0 Å². The predicted molar refractivity (Wildman–Crippen MR) is 62.7 cm³/mol. The van der Waals surface area contributed by atoms with Crippen LogP contribution in [-0.4, -0.2) is 11.6 Å². The van der Waals surface area contributed by atoms with Gasteiger partial charge in [-0.2, -0.15) is 13.2 Å². The Bertz CT molecular complexity index is 528. The summed E-state index contributed by atoms with van der Waals surface area (Å²) in [6.45, 7) is 1.16. The van der Waals surface area contributed by atoms with E-state index >= 15 is 0 Å². The topological polar surface area (TPSA) is 34.1 Å². The van der Waals surface area contributed by atoms with Crippen molar-refractivity contribution in [3.05, 3.63) is 35.4 Å². The maximum absolute atomic E-state index is 12.7. The van der Waals surface area contributed by atoms with Crippen LogP contribution in [0.5, 0.6) is 0 Å². The minimum Gasteiger partial charge on any atom is -0.291 e. The van der Waals surface area contributed by atoms with Crippen LogP contribution in [-0.2, 0) is 21.2 Å². The lowest BCUT2D eigenvalue weighted by Gasteiger charge is -2.40. The number of hydrogen-bond acceptors (Lipinski definition) is 2. The van der Waals surface area contributed by atoms with E-state index in [-0.39, 0.29) is 0 Å². The molecule has 5 heteroatoms. The van der Waals surface area contributed by atoms with Crippen molar-refractivity contribution in [3.63, 3.8) is 0 Å². The summed E-state index contributed by atoms with van der Waals surface area (Å²) in [6, 6.07) is 4.73. The standard InChI is InChI=1S/C14H13F3O2/c1-9(18)12(19)13(6-3-7-13)10-4-2-5-11(8-10)14(15,16)17/h2,4-5,8H,3,6-7H2,1H3. The molecule has 1 aromatic rings. The summed E-state index contributed by atoms with van der Waals surface area (Å²) < 4.78 is 38.1. The number of hydrogen-bond donors (Lipinski definition) is 0. The second-order valence-corrected chi connectivity index (χ2v) is 4.90. The molecule has 0 saturated heterocycles. The quantitative estimate of drug-likeness (QED) is 0.790. The zero-order valence-electron chi connectivity index (χ0n) is 10.4. The van der Waals surface area contributed by atoms with Crippen LogP contribution in [0.2, 0.25) is 0 Å². The number of halogens is 3. The van der Waals surface area contributed by atoms with Crippen molar-refractivity contribution >= 4 is 11.6 Å². The number of carbonyl (C=O) groups excluding carboxylic acids is 2. The number of carbonyl (C=O) groups is 2. The summed E-state index contributed by atoms with van der Waals surface area (Å²) in [5, 5.41) is 0. The highest BCUT2D eigenvalue weighted by atomic mass is 19.4. The van der Waals surface area contributed by atoms with Crippen LogP contribution >= 0.6 is 0 Å². The summed E-state index contributed by atoms with van der Waals surface area (Å²) >= 11 is 0. The molecule has 102 valence electrons. The highest BCUT2D eigenvalue weighted by molar-refractivity contribution is 6.40. The van der Waals surface area contributed by atoms with Crippen molar-refractivity contribution in [2.45, 2.75) is 37.8 Å². The zero-order chi connectivity index (χ0) is 14.3. The van der Waals surface area contributed by atoms with Gasteiger partial charge in [0.15, 0.2) is 5.78 Å². The molecule has 0 amide bonds. The van der Waals surface area contributed by atoms with Crippen molar-refractivity contribution in [1.29, 1.82) is 0 Å². The average molecular weight is 270 g/mol. The first kappa shape index (κ1) is 13.8. The average Bonchev–Trinajstić information content (AvgIpc) is 2.26. The molecule has 1 saturated carbocycles. The number of Topliss-reactive ketones (excluding diaryl/α,β-unsaturated/α-hetero) is 2. The van der Waals surface area contributed by atoms with Crippen LogP contribution in [0.15, 0.2) is 24.3 Å². The summed E-state index contributed by atoms with van der Waals surface area (Å²) in [7, 11) is 0. The zero-order valence-corrected chi connectivity index (χ0v) is 10.4. The van der Waals surface area contributed by atoms with Gasteiger partial charge in [-0.3, -0.25) is 9.59 Å². The molecule has 0 aliphatic heterocycles. The molecule has 0 spiro atoms. The fraction of sp³-hybridized carbons (Fsp3) is 0.429. The number of rotatable bonds is 3. The molecular weight excluding hydrogens is 257 g/mol. The fourth-order valence-corrected chi connectivity index (χ4v) is 2.51. The summed E-state index contributed by atoms with van der Waals surface area (Å²) in [5.74, 6) is -1.19. The Kier molecular flexibility index (Phi) is 3.24. The van der Waals surface area contributed by atoms with E-state index in [9.17, 15) is 22.8 Å². The van der Waals surface area contributed by atoms with Gasteiger partial charge in [-0.15, -0.1) is 0 Å². The smallest absolute Gasteiger partial charge is 0.291 e. The van der Waals surface area contributed by atoms with Crippen molar-refractivity contribution in [1.82, 2.24) is 0 Å². The third kappa shape index (κ3) is 2.29. The van der Waals surface area contributed by atoms with Crippen LogP contribution in [0.4, 0.5) is 13.2 Å². The van der Waals surface area contributed by atoms with E-state index in [0.717, 1.165) is 25.5 Å². The lowest BCUT2D eigenvalue weighted by molar-refractivity contribution is -0.141.